The van der Waals surface area contributed by atoms with E-state index in [9.17, 15) is 9.90 Å². The number of nitrogens with one attached hydrogen (secondary N) is 1. The SMILES string of the molecule is CC(O)(CC(=O)NCc1cnn(-c2ccccc2)c1)c1ccccc1. The number of aliphatic hydroxyl groups is 1. The fourth-order valence-corrected chi connectivity index (χ4v) is 2.65. The molecule has 1 heterocycles. The van der Waals surface area contributed by atoms with Crippen molar-refractivity contribution in [2.45, 2.75) is 25.5 Å². The van der Waals surface area contributed by atoms with Crippen molar-refractivity contribution in [2.24, 2.45) is 0 Å². The second kappa shape index (κ2) is 7.32. The molecule has 1 aromatic heterocycles. The van der Waals surface area contributed by atoms with Crippen molar-refractivity contribution in [1.29, 1.82) is 0 Å². The van der Waals surface area contributed by atoms with Gasteiger partial charge in [0.1, 0.15) is 0 Å². The van der Waals surface area contributed by atoms with Gasteiger partial charge in [0.05, 0.1) is 23.9 Å². The Morgan fingerprint density at radius 2 is 1.76 bits per heavy atom. The van der Waals surface area contributed by atoms with Crippen molar-refractivity contribution in [3.8, 4) is 5.69 Å². The van der Waals surface area contributed by atoms with Gasteiger partial charge in [-0.25, -0.2) is 4.68 Å². The fourth-order valence-electron chi connectivity index (χ4n) is 2.65. The third kappa shape index (κ3) is 4.33. The lowest BCUT2D eigenvalue weighted by Crippen LogP contribution is -2.32. The summed E-state index contributed by atoms with van der Waals surface area (Å²) in [5.74, 6) is -0.207. The molecule has 0 saturated carbocycles. The molecule has 5 nitrogen and oxygen atoms in total. The monoisotopic (exact) mass is 335 g/mol. The highest BCUT2D eigenvalue weighted by Crippen LogP contribution is 2.23. The number of carbonyl (C=O) groups is 1. The molecule has 128 valence electrons. The third-order valence-corrected chi connectivity index (χ3v) is 4.05. The number of hydrogen-bond donors (Lipinski definition) is 2. The molecule has 0 aliphatic carbocycles. The predicted octanol–water partition coefficient (Wildman–Crippen LogP) is 2.79. The zero-order valence-corrected chi connectivity index (χ0v) is 14.1. The summed E-state index contributed by atoms with van der Waals surface area (Å²) < 4.78 is 1.77. The van der Waals surface area contributed by atoms with Gasteiger partial charge < -0.3 is 10.4 Å². The van der Waals surface area contributed by atoms with Crippen molar-refractivity contribution in [1.82, 2.24) is 15.1 Å². The van der Waals surface area contributed by atoms with Crippen LogP contribution < -0.4 is 5.32 Å². The van der Waals surface area contributed by atoms with Gasteiger partial charge in [-0.05, 0) is 24.6 Å². The number of amides is 1. The Bertz CT molecular complexity index is 826. The van der Waals surface area contributed by atoms with Gasteiger partial charge in [-0.1, -0.05) is 48.5 Å². The molecule has 1 amide bonds. The minimum absolute atomic E-state index is 0.00381. The van der Waals surface area contributed by atoms with Crippen molar-refractivity contribution in [2.75, 3.05) is 0 Å². The molecule has 0 aliphatic heterocycles. The van der Waals surface area contributed by atoms with Gasteiger partial charge in [0.2, 0.25) is 5.91 Å². The number of nitrogens with zero attached hydrogens (tertiary/aromatic N) is 2. The van der Waals surface area contributed by atoms with Crippen LogP contribution in [0.4, 0.5) is 0 Å². The maximum Gasteiger partial charge on any atom is 0.223 e. The molecule has 0 fully saturated rings. The first-order valence-electron chi connectivity index (χ1n) is 8.18. The highest BCUT2D eigenvalue weighted by molar-refractivity contribution is 5.77. The summed E-state index contributed by atoms with van der Waals surface area (Å²) in [6.45, 7) is 2.02. The summed E-state index contributed by atoms with van der Waals surface area (Å²) in [4.78, 5) is 12.2. The molecule has 2 aromatic carbocycles. The molecule has 2 N–H and O–H groups in total. The van der Waals surface area contributed by atoms with Crippen molar-refractivity contribution in [3.63, 3.8) is 0 Å². The van der Waals surface area contributed by atoms with Crippen LogP contribution in [0.25, 0.3) is 5.69 Å². The van der Waals surface area contributed by atoms with Crippen LogP contribution in [0.5, 0.6) is 0 Å². The van der Waals surface area contributed by atoms with E-state index < -0.39 is 5.60 Å². The van der Waals surface area contributed by atoms with Crippen LogP contribution in [-0.2, 0) is 16.9 Å². The molecule has 0 aliphatic rings. The second-order valence-corrected chi connectivity index (χ2v) is 6.22. The van der Waals surface area contributed by atoms with Crippen LogP contribution in [0, 0.1) is 0 Å². The average Bonchev–Trinajstić information content (AvgIpc) is 3.10. The predicted molar refractivity (Wildman–Crippen MR) is 96.0 cm³/mol. The molecule has 25 heavy (non-hydrogen) atoms. The van der Waals surface area contributed by atoms with Crippen LogP contribution in [0.2, 0.25) is 0 Å². The molecule has 0 saturated heterocycles. The molecular formula is C20H21N3O2. The summed E-state index contributed by atoms with van der Waals surface area (Å²) in [6, 6.07) is 19.0. The molecule has 0 radical (unpaired) electrons. The van der Waals surface area contributed by atoms with Gasteiger partial charge in [-0.3, -0.25) is 4.79 Å². The number of hydrogen-bond acceptors (Lipinski definition) is 3. The number of aromatic nitrogens is 2. The van der Waals surface area contributed by atoms with E-state index in [1.54, 1.807) is 17.8 Å². The van der Waals surface area contributed by atoms with Crippen LogP contribution >= 0.6 is 0 Å². The average molecular weight is 335 g/mol. The fraction of sp³-hybridized carbons (Fsp3) is 0.200. The third-order valence-electron chi connectivity index (χ3n) is 4.05. The van der Waals surface area contributed by atoms with Gasteiger partial charge >= 0.3 is 0 Å². The van der Waals surface area contributed by atoms with Gasteiger partial charge in [-0.15, -0.1) is 0 Å². The first-order chi connectivity index (χ1) is 12.0. The molecular weight excluding hydrogens is 314 g/mol. The summed E-state index contributed by atoms with van der Waals surface area (Å²) in [5.41, 5.74) is 1.39. The molecule has 0 bridgehead atoms. The molecule has 3 rings (SSSR count). The first kappa shape index (κ1) is 16.9. The zero-order valence-electron chi connectivity index (χ0n) is 14.1. The summed E-state index contributed by atoms with van der Waals surface area (Å²) in [5, 5.41) is 17.7. The van der Waals surface area contributed by atoms with Crippen molar-refractivity contribution < 1.29 is 9.90 Å². The highest BCUT2D eigenvalue weighted by atomic mass is 16.3. The highest BCUT2D eigenvalue weighted by Gasteiger charge is 2.26. The molecule has 1 unspecified atom stereocenters. The quantitative estimate of drug-likeness (QED) is 0.728. The first-order valence-corrected chi connectivity index (χ1v) is 8.18. The maximum absolute atomic E-state index is 12.2. The number of carbonyl (C=O) groups excluding carboxylic acids is 1. The molecule has 0 spiro atoms. The summed E-state index contributed by atoms with van der Waals surface area (Å²) >= 11 is 0. The minimum atomic E-state index is -1.19. The lowest BCUT2D eigenvalue weighted by molar-refractivity contribution is -0.126. The van der Waals surface area contributed by atoms with E-state index in [0.717, 1.165) is 16.8 Å². The lowest BCUT2D eigenvalue weighted by atomic mass is 9.92. The van der Waals surface area contributed by atoms with Crippen LogP contribution in [-0.4, -0.2) is 20.8 Å². The molecule has 3 aromatic rings. The van der Waals surface area contributed by atoms with Gasteiger partial charge in [0.25, 0.3) is 0 Å². The van der Waals surface area contributed by atoms with E-state index in [4.69, 9.17) is 0 Å². The number of rotatable bonds is 6. The Balaban J connectivity index is 1.57. The topological polar surface area (TPSA) is 67.2 Å². The molecule has 1 atom stereocenters. The summed E-state index contributed by atoms with van der Waals surface area (Å²) in [6.07, 6.45) is 3.61. The lowest BCUT2D eigenvalue weighted by Gasteiger charge is -2.23. The Kier molecular flexibility index (Phi) is 4.95. The standard InChI is InChI=1S/C20H21N3O2/c1-20(25,17-8-4-2-5-9-17)12-19(24)21-13-16-14-22-23(15-16)18-10-6-3-7-11-18/h2-11,14-15,25H,12-13H2,1H3,(H,21,24). The smallest absolute Gasteiger partial charge is 0.223 e. The minimum Gasteiger partial charge on any atom is -0.385 e. The van der Waals surface area contributed by atoms with Crippen LogP contribution in [0.3, 0.4) is 0 Å². The van der Waals surface area contributed by atoms with E-state index in [1.165, 1.54) is 0 Å². The second-order valence-electron chi connectivity index (χ2n) is 6.22. The Hall–Kier alpha value is -2.92. The normalized spacial score (nSPS) is 13.2. The number of benzene rings is 2. The zero-order chi connectivity index (χ0) is 17.7. The maximum atomic E-state index is 12.2. The Morgan fingerprint density at radius 1 is 1.12 bits per heavy atom. The van der Waals surface area contributed by atoms with Gasteiger partial charge in [0, 0.05) is 18.3 Å². The van der Waals surface area contributed by atoms with Gasteiger partial charge in [-0.2, -0.15) is 5.10 Å². The van der Waals surface area contributed by atoms with Crippen LogP contribution in [0.15, 0.2) is 73.1 Å². The van der Waals surface area contributed by atoms with Crippen molar-refractivity contribution in [3.05, 3.63) is 84.2 Å². The van der Waals surface area contributed by atoms with E-state index >= 15 is 0 Å². The largest absolute Gasteiger partial charge is 0.385 e. The Labute approximate surface area is 146 Å². The van der Waals surface area contributed by atoms with E-state index in [0.29, 0.717) is 6.54 Å². The van der Waals surface area contributed by atoms with E-state index in [-0.39, 0.29) is 12.3 Å². The Morgan fingerprint density at radius 3 is 2.44 bits per heavy atom. The van der Waals surface area contributed by atoms with E-state index in [1.807, 2.05) is 66.9 Å². The van der Waals surface area contributed by atoms with Crippen molar-refractivity contribution >= 4 is 5.91 Å². The molecule has 5 heteroatoms. The van der Waals surface area contributed by atoms with Crippen LogP contribution in [0.1, 0.15) is 24.5 Å². The summed E-state index contributed by atoms with van der Waals surface area (Å²) in [7, 11) is 0. The number of para-hydroxylation sites is 1. The van der Waals surface area contributed by atoms with E-state index in [2.05, 4.69) is 10.4 Å². The van der Waals surface area contributed by atoms with Gasteiger partial charge in [0.15, 0.2) is 0 Å².